The number of carbonyl (C=O) groups excluding carboxylic acids is 2. The molecule has 0 fully saturated rings. The minimum Gasteiger partial charge on any atom is -0.453 e. The van der Waals surface area contributed by atoms with Crippen molar-refractivity contribution in [2.45, 2.75) is 94.7 Å². The van der Waals surface area contributed by atoms with E-state index in [1.807, 2.05) is 101 Å². The van der Waals surface area contributed by atoms with Crippen LogP contribution < -0.4 is 25.3 Å². The minimum atomic E-state index is -0.845. The van der Waals surface area contributed by atoms with E-state index in [2.05, 4.69) is 35.2 Å². The predicted octanol–water partition coefficient (Wildman–Crippen LogP) is 17.7. The van der Waals surface area contributed by atoms with Crippen molar-refractivity contribution < 1.29 is 70.5 Å². The van der Waals surface area contributed by atoms with Crippen LogP contribution in [0.2, 0.25) is 0 Å². The number of thiophene rings is 3. The summed E-state index contributed by atoms with van der Waals surface area (Å²) in [5.74, 6) is 1.03. The second-order valence-electron chi connectivity index (χ2n) is 26.0. The third-order valence-electron chi connectivity index (χ3n) is 15.8. The largest absolute Gasteiger partial charge is 0.453 e. The van der Waals surface area contributed by atoms with Gasteiger partial charge in [0, 0.05) is 129 Å². The smallest absolute Gasteiger partial charge is 0.410 e. The van der Waals surface area contributed by atoms with Gasteiger partial charge in [0.05, 0.1) is 136 Å². The Labute approximate surface area is 651 Å². The molecule has 0 aliphatic heterocycles. The number of nitrogens with zero attached hydrogens (tertiary/aromatic N) is 13. The van der Waals surface area contributed by atoms with E-state index < -0.39 is 50.7 Å². The van der Waals surface area contributed by atoms with Crippen molar-refractivity contribution in [3.8, 4) is 66.6 Å². The topological polar surface area (TPSA) is 331 Å². The molecule has 0 saturated heterocycles. The number of carbonyl (C=O) groups is 2. The van der Waals surface area contributed by atoms with E-state index in [-0.39, 0.29) is 57.4 Å². The zero-order valence-corrected chi connectivity index (χ0v) is 63.4. The van der Waals surface area contributed by atoms with Crippen LogP contribution in [0.25, 0.3) is 62.8 Å². The maximum atomic E-state index is 14.5. The number of amides is 2. The van der Waals surface area contributed by atoms with Gasteiger partial charge in [-0.2, -0.15) is 0 Å². The van der Waals surface area contributed by atoms with E-state index in [1.54, 1.807) is 80.2 Å². The number of anilines is 1. The number of nitrogens with two attached hydrogens (primary N) is 1. The molecular weight excluding hydrogens is 1500 g/mol. The van der Waals surface area contributed by atoms with Crippen molar-refractivity contribution in [1.29, 1.82) is 0 Å². The highest BCUT2D eigenvalue weighted by molar-refractivity contribution is 7.23. The number of hydrogen-bond acceptors (Lipinski definition) is 25. The number of rotatable bonds is 26. The van der Waals surface area contributed by atoms with Crippen LogP contribution >= 0.6 is 34.0 Å². The van der Waals surface area contributed by atoms with Crippen LogP contribution in [0.5, 0.6) is 34.5 Å². The fraction of sp³-hybridized carbons (Fsp3) is 0.342. The summed E-state index contributed by atoms with van der Waals surface area (Å²) in [6.45, 7) is 15.0. The first-order valence-electron chi connectivity index (χ1n) is 33.3. The van der Waals surface area contributed by atoms with E-state index in [0.717, 1.165) is 65.6 Å². The van der Waals surface area contributed by atoms with Crippen LogP contribution in [0.15, 0.2) is 128 Å². The number of pyridine rings is 3. The molecule has 0 unspecified atom stereocenters. The maximum Gasteiger partial charge on any atom is 0.410 e. The number of fused-ring (bicyclic) bond motifs is 3. The first kappa shape index (κ1) is 87.0. The van der Waals surface area contributed by atoms with Crippen LogP contribution in [-0.2, 0) is 64.5 Å². The highest BCUT2D eigenvalue weighted by Crippen LogP contribution is 2.43. The fourth-order valence-electron chi connectivity index (χ4n) is 10.4. The van der Waals surface area contributed by atoms with Gasteiger partial charge in [-0.15, -0.1) is 34.0 Å². The molecule has 0 aliphatic rings. The second-order valence-corrected chi connectivity index (χ2v) is 29.2. The summed E-state index contributed by atoms with van der Waals surface area (Å²) in [7, 11) is 10.5. The quantitative estimate of drug-likeness (QED) is 0.0220. The maximum absolute atomic E-state index is 14.5. The van der Waals surface area contributed by atoms with Gasteiger partial charge in [0.2, 0.25) is 0 Å². The van der Waals surface area contributed by atoms with Gasteiger partial charge in [0.25, 0.3) is 11.4 Å². The lowest BCUT2D eigenvalue weighted by Gasteiger charge is -2.27. The number of hydrogen-bond donors (Lipinski definition) is 2. The molecule has 2 amide bonds. The molecule has 9 aromatic heterocycles. The van der Waals surface area contributed by atoms with Crippen LogP contribution in [-0.4, -0.2) is 147 Å². The average molecular weight is 1590 g/mol. The number of aromatic nitrogens is 9. The molecule has 29 nitrogen and oxygen atoms in total. The summed E-state index contributed by atoms with van der Waals surface area (Å²) in [6, 6.07) is 21.4. The molecule has 0 atom stereocenters. The summed E-state index contributed by atoms with van der Waals surface area (Å²) in [6.07, 6.45) is 9.10. The minimum absolute atomic E-state index is 0. The molecule has 0 bridgehead atoms. The molecule has 0 radical (unpaired) electrons. The second kappa shape index (κ2) is 38.4. The summed E-state index contributed by atoms with van der Waals surface area (Å²) in [5, 5.41) is 25.0. The lowest BCUT2D eigenvalue weighted by atomic mass is 10.2. The van der Waals surface area contributed by atoms with Crippen molar-refractivity contribution in [2.24, 2.45) is 21.1 Å². The van der Waals surface area contributed by atoms with Crippen molar-refractivity contribution in [1.82, 2.24) is 58.7 Å². The van der Waals surface area contributed by atoms with Gasteiger partial charge in [-0.25, -0.2) is 37.7 Å². The number of benzene rings is 3. The Morgan fingerprint density at radius 2 is 0.838 bits per heavy atom. The molecule has 0 spiro atoms. The summed E-state index contributed by atoms with van der Waals surface area (Å²) in [4.78, 5) is 78.6. The summed E-state index contributed by atoms with van der Waals surface area (Å²) >= 11 is 4.22. The summed E-state index contributed by atoms with van der Waals surface area (Å²) < 4.78 is 94.9. The number of nitrogens with one attached hydrogen (secondary N) is 1. The molecule has 3 aromatic carbocycles. The van der Waals surface area contributed by atoms with Crippen molar-refractivity contribution >= 4 is 93.9 Å². The van der Waals surface area contributed by atoms with Crippen molar-refractivity contribution in [3.63, 3.8) is 0 Å². The van der Waals surface area contributed by atoms with Crippen LogP contribution in [0, 0.1) is 37.7 Å². The Balaban J connectivity index is 0.000000229. The van der Waals surface area contributed by atoms with Gasteiger partial charge in [-0.3, -0.25) is 35.2 Å². The van der Waals surface area contributed by atoms with Crippen LogP contribution in [0.4, 0.5) is 39.8 Å². The van der Waals surface area contributed by atoms with Crippen molar-refractivity contribution in [3.05, 3.63) is 183 Å². The highest BCUT2D eigenvalue weighted by Gasteiger charge is 2.28. The molecule has 592 valence electrons. The molecule has 9 heterocycles. The molecule has 3 N–H and O–H groups in total. The van der Waals surface area contributed by atoms with Gasteiger partial charge < -0.3 is 72.4 Å². The van der Waals surface area contributed by atoms with E-state index in [1.165, 1.54) is 76.6 Å². The number of halogens is 3. The van der Waals surface area contributed by atoms with E-state index in [4.69, 9.17) is 43.6 Å². The number of non-ortho nitro benzene ring substituents is 2. The predicted molar refractivity (Wildman–Crippen MR) is 423 cm³/mol. The normalized spacial score (nSPS) is 11.2. The number of ether oxygens (including phenoxy) is 8. The van der Waals surface area contributed by atoms with Gasteiger partial charge in [-0.05, 0) is 84.0 Å². The van der Waals surface area contributed by atoms with Gasteiger partial charge in [-0.1, -0.05) is 22.3 Å². The monoisotopic (exact) mass is 1590 g/mol. The van der Waals surface area contributed by atoms with Crippen molar-refractivity contribution in [2.75, 3.05) is 66.5 Å². The van der Waals surface area contributed by atoms with Crippen LogP contribution in [0.1, 0.15) is 80.9 Å². The average Bonchev–Trinajstić information content (AvgIpc) is 1.65. The Morgan fingerprint density at radius 1 is 0.495 bits per heavy atom. The van der Waals surface area contributed by atoms with Gasteiger partial charge in [0.1, 0.15) is 45.9 Å². The van der Waals surface area contributed by atoms with Gasteiger partial charge >= 0.3 is 12.2 Å². The molecule has 12 rings (SSSR count). The standard InChI is InChI=1S/C26H28FN5O6S.C26H30FN5O4S.C21H20FN5O4S.3CH4/c1-26(2,3)38-25(33)31(10-11-36-5)15-17-14-29-24(30(17)4)22-13-19-23(39-22)21(8-9-28-19)37-20-7-6-16(32(34)35)12-18(20)27;1-26(2,3)36-25(33)32(10-11-34-5)15-17-14-30-24(31(17)4)22-13-19-23(37-22)21(8-9-29-19)35-20-7-6-16(28)12-18(20)27;1-26-14(11-23-7-8-30-2)12-25-21(26)19-10-16-20(32-19)18(5-6-24-16)31-17-4-3-13(27(28)29)9-15(17)22;;;/h6-9,12-14H,10-11,15H2,1-5H3;6-9,12-14H,10-11,15,28H2,1-5H3;3-6,9-10,12,23H,7-8,11H2,1-2H3;3*1H4. The third kappa shape index (κ3) is 22.1. The van der Waals surface area contributed by atoms with E-state index in [0.29, 0.717) is 102 Å². The first-order valence-corrected chi connectivity index (χ1v) is 35.7. The van der Waals surface area contributed by atoms with Gasteiger partial charge in [0.15, 0.2) is 34.7 Å². The molecule has 12 aromatic rings. The van der Waals surface area contributed by atoms with E-state index >= 15 is 0 Å². The van der Waals surface area contributed by atoms with E-state index in [9.17, 15) is 43.0 Å². The molecule has 0 saturated carbocycles. The number of nitrogen functional groups attached to an aromatic ring is 1. The number of nitro benzene ring substituents is 2. The zero-order chi connectivity index (χ0) is 77.7. The molecular formula is C76H90F3N15O14S3. The Hall–Kier alpha value is -11.2. The molecule has 35 heteroatoms. The molecule has 111 heavy (non-hydrogen) atoms. The number of nitro groups is 2. The third-order valence-corrected chi connectivity index (χ3v) is 19.2. The lowest BCUT2D eigenvalue weighted by Crippen LogP contribution is -2.38. The Kier molecular flexibility index (Phi) is 30.1. The Morgan fingerprint density at radius 3 is 1.17 bits per heavy atom. The lowest BCUT2D eigenvalue weighted by molar-refractivity contribution is -0.385. The summed E-state index contributed by atoms with van der Waals surface area (Å²) in [5.41, 5.74) is 8.64. The Bertz CT molecular complexity index is 5200. The zero-order valence-electron chi connectivity index (χ0n) is 61.0. The highest BCUT2D eigenvalue weighted by atomic mass is 32.1. The SMILES string of the molecule is C.C.C.COCCN(Cc1cnc(-c2cc3nccc(Oc4ccc(N)cc4F)c3s2)n1C)C(=O)OC(C)(C)C.COCCN(Cc1cnc(-c2cc3nccc(Oc4ccc([N+](=O)[O-])cc4F)c3s2)n1C)C(=O)OC(C)(C)C.COCCNCc1cnc(-c2cc3nccc(Oc4ccc([N+](=O)[O-])cc4F)c3s2)n1C. The first-order chi connectivity index (χ1) is 51.5. The number of imidazole rings is 3. The fourth-order valence-corrected chi connectivity index (χ4v) is 13.7. The number of methoxy groups -OCH3 is 3. The molecule has 0 aliphatic carbocycles. The van der Waals surface area contributed by atoms with Crippen LogP contribution in [0.3, 0.4) is 0 Å².